The smallest absolute Gasteiger partial charge is 0.218 e. The first-order chi connectivity index (χ1) is 9.26. The zero-order valence-corrected chi connectivity index (χ0v) is 13.0. The van der Waals surface area contributed by atoms with E-state index in [2.05, 4.69) is 32.8 Å². The van der Waals surface area contributed by atoms with Gasteiger partial charge in [0.1, 0.15) is 16.5 Å². The van der Waals surface area contributed by atoms with Gasteiger partial charge < -0.3 is 4.74 Å². The van der Waals surface area contributed by atoms with Crippen molar-refractivity contribution in [2.75, 3.05) is 0 Å². The first-order valence-corrected chi connectivity index (χ1v) is 8.26. The Balaban J connectivity index is 1.74. The highest BCUT2D eigenvalue weighted by molar-refractivity contribution is 9.10. The summed E-state index contributed by atoms with van der Waals surface area (Å²) in [6, 6.07) is 1.91. The SMILES string of the molecule is CCC1CCCCC1Oc1cc(Br)nc(C2CC2)n1. The van der Waals surface area contributed by atoms with Crippen LogP contribution in [0.25, 0.3) is 0 Å². The molecule has 0 bridgehead atoms. The van der Waals surface area contributed by atoms with Crippen LogP contribution in [0.2, 0.25) is 0 Å². The van der Waals surface area contributed by atoms with Crippen LogP contribution in [-0.2, 0) is 0 Å². The van der Waals surface area contributed by atoms with E-state index < -0.39 is 0 Å². The molecule has 4 heteroatoms. The number of aromatic nitrogens is 2. The molecule has 0 saturated heterocycles. The van der Waals surface area contributed by atoms with Gasteiger partial charge >= 0.3 is 0 Å². The van der Waals surface area contributed by atoms with E-state index in [-0.39, 0.29) is 0 Å². The van der Waals surface area contributed by atoms with Crippen LogP contribution in [-0.4, -0.2) is 16.1 Å². The molecule has 0 aromatic carbocycles. The molecule has 2 saturated carbocycles. The predicted molar refractivity (Wildman–Crippen MR) is 78.4 cm³/mol. The van der Waals surface area contributed by atoms with Crippen LogP contribution >= 0.6 is 15.9 Å². The molecular formula is C15H21BrN2O. The van der Waals surface area contributed by atoms with Gasteiger partial charge in [0.15, 0.2) is 0 Å². The van der Waals surface area contributed by atoms with Gasteiger partial charge in [-0.3, -0.25) is 0 Å². The Morgan fingerprint density at radius 2 is 2.00 bits per heavy atom. The van der Waals surface area contributed by atoms with E-state index in [1.807, 2.05) is 6.07 Å². The fraction of sp³-hybridized carbons (Fsp3) is 0.733. The van der Waals surface area contributed by atoms with Crippen molar-refractivity contribution in [2.24, 2.45) is 5.92 Å². The van der Waals surface area contributed by atoms with Crippen molar-refractivity contribution < 1.29 is 4.74 Å². The van der Waals surface area contributed by atoms with E-state index in [9.17, 15) is 0 Å². The van der Waals surface area contributed by atoms with Crippen molar-refractivity contribution >= 4 is 15.9 Å². The fourth-order valence-electron chi connectivity index (χ4n) is 2.95. The third-order valence-corrected chi connectivity index (χ3v) is 4.67. The highest BCUT2D eigenvalue weighted by atomic mass is 79.9. The summed E-state index contributed by atoms with van der Waals surface area (Å²) in [4.78, 5) is 9.05. The van der Waals surface area contributed by atoms with E-state index in [4.69, 9.17) is 4.74 Å². The predicted octanol–water partition coefficient (Wildman–Crippen LogP) is 4.46. The fourth-order valence-corrected chi connectivity index (χ4v) is 3.33. The number of hydrogen-bond acceptors (Lipinski definition) is 3. The largest absolute Gasteiger partial charge is 0.474 e. The monoisotopic (exact) mass is 324 g/mol. The van der Waals surface area contributed by atoms with Gasteiger partial charge in [-0.25, -0.2) is 4.98 Å². The van der Waals surface area contributed by atoms with E-state index in [1.165, 1.54) is 44.9 Å². The number of halogens is 1. The maximum Gasteiger partial charge on any atom is 0.218 e. The quantitative estimate of drug-likeness (QED) is 0.767. The zero-order chi connectivity index (χ0) is 13.2. The van der Waals surface area contributed by atoms with Gasteiger partial charge in [0, 0.05) is 12.0 Å². The summed E-state index contributed by atoms with van der Waals surface area (Å²) in [5.41, 5.74) is 0. The molecule has 104 valence electrons. The van der Waals surface area contributed by atoms with Gasteiger partial charge in [-0.15, -0.1) is 0 Å². The second kappa shape index (κ2) is 5.78. The van der Waals surface area contributed by atoms with E-state index in [1.54, 1.807) is 0 Å². The number of hydrogen-bond donors (Lipinski definition) is 0. The van der Waals surface area contributed by atoms with Gasteiger partial charge in [0.25, 0.3) is 0 Å². The molecule has 0 spiro atoms. The van der Waals surface area contributed by atoms with Gasteiger partial charge in [-0.1, -0.05) is 13.3 Å². The molecule has 3 nitrogen and oxygen atoms in total. The molecule has 2 atom stereocenters. The Kier molecular flexibility index (Phi) is 4.06. The van der Waals surface area contributed by atoms with Crippen molar-refractivity contribution in [3.05, 3.63) is 16.5 Å². The van der Waals surface area contributed by atoms with Crippen molar-refractivity contribution in [1.29, 1.82) is 0 Å². The van der Waals surface area contributed by atoms with Crippen LogP contribution in [0, 0.1) is 5.92 Å². The summed E-state index contributed by atoms with van der Waals surface area (Å²) in [5, 5.41) is 0. The maximum absolute atomic E-state index is 6.18. The molecule has 2 fully saturated rings. The van der Waals surface area contributed by atoms with Crippen LogP contribution in [0.3, 0.4) is 0 Å². The Labute approximate surface area is 123 Å². The molecule has 0 radical (unpaired) electrons. The lowest BCUT2D eigenvalue weighted by Gasteiger charge is -2.30. The average molecular weight is 325 g/mol. The van der Waals surface area contributed by atoms with Gasteiger partial charge in [-0.2, -0.15) is 4.98 Å². The normalized spacial score (nSPS) is 27.3. The number of ether oxygens (including phenoxy) is 1. The molecular weight excluding hydrogens is 304 g/mol. The van der Waals surface area contributed by atoms with E-state index >= 15 is 0 Å². The Morgan fingerprint density at radius 1 is 1.21 bits per heavy atom. The maximum atomic E-state index is 6.18. The van der Waals surface area contributed by atoms with Crippen LogP contribution in [0.5, 0.6) is 5.88 Å². The summed E-state index contributed by atoms with van der Waals surface area (Å²) >= 11 is 3.47. The molecule has 1 heterocycles. The molecule has 3 rings (SSSR count). The van der Waals surface area contributed by atoms with E-state index in [0.717, 1.165) is 16.3 Å². The molecule has 1 aromatic heterocycles. The second-order valence-corrected chi connectivity index (χ2v) is 6.58. The van der Waals surface area contributed by atoms with Gasteiger partial charge in [-0.05, 0) is 60.4 Å². The highest BCUT2D eigenvalue weighted by Gasteiger charge is 2.29. The third-order valence-electron chi connectivity index (χ3n) is 4.27. The molecule has 2 aliphatic rings. The Morgan fingerprint density at radius 3 is 2.74 bits per heavy atom. The van der Waals surface area contributed by atoms with Crippen LogP contribution in [0.15, 0.2) is 10.7 Å². The lowest BCUT2D eigenvalue weighted by Crippen LogP contribution is -2.30. The van der Waals surface area contributed by atoms with Crippen LogP contribution in [0.4, 0.5) is 0 Å². The number of nitrogens with zero attached hydrogens (tertiary/aromatic N) is 2. The summed E-state index contributed by atoms with van der Waals surface area (Å²) in [6.07, 6.45) is 9.07. The summed E-state index contributed by atoms with van der Waals surface area (Å²) in [6.45, 7) is 2.26. The topological polar surface area (TPSA) is 35.0 Å². The molecule has 19 heavy (non-hydrogen) atoms. The molecule has 0 N–H and O–H groups in total. The molecule has 2 unspecified atom stereocenters. The summed E-state index contributed by atoms with van der Waals surface area (Å²) in [5.74, 6) is 2.96. The van der Waals surface area contributed by atoms with Crippen LogP contribution < -0.4 is 4.74 Å². The number of rotatable bonds is 4. The standard InChI is InChI=1S/C15H21BrN2O/c1-2-10-5-3-4-6-12(10)19-14-9-13(16)17-15(18-14)11-7-8-11/h9-12H,2-8H2,1H3. The molecule has 0 aliphatic heterocycles. The minimum Gasteiger partial charge on any atom is -0.474 e. The van der Waals surface area contributed by atoms with Crippen LogP contribution in [0.1, 0.15) is 63.6 Å². The molecule has 1 aromatic rings. The van der Waals surface area contributed by atoms with Crippen molar-refractivity contribution in [3.63, 3.8) is 0 Å². The summed E-state index contributed by atoms with van der Waals surface area (Å²) < 4.78 is 7.03. The molecule has 2 aliphatic carbocycles. The Hall–Kier alpha value is -0.640. The first-order valence-electron chi connectivity index (χ1n) is 7.47. The zero-order valence-electron chi connectivity index (χ0n) is 11.4. The van der Waals surface area contributed by atoms with Gasteiger partial charge in [0.05, 0.1) is 0 Å². The summed E-state index contributed by atoms with van der Waals surface area (Å²) in [7, 11) is 0. The lowest BCUT2D eigenvalue weighted by molar-refractivity contribution is 0.0853. The van der Waals surface area contributed by atoms with Crippen molar-refractivity contribution in [1.82, 2.24) is 9.97 Å². The second-order valence-electron chi connectivity index (χ2n) is 5.77. The minimum absolute atomic E-state index is 0.340. The Bertz CT molecular complexity index is 448. The van der Waals surface area contributed by atoms with Gasteiger partial charge in [0.2, 0.25) is 5.88 Å². The highest BCUT2D eigenvalue weighted by Crippen LogP contribution is 2.39. The molecule has 0 amide bonds. The first kappa shape index (κ1) is 13.3. The minimum atomic E-state index is 0.340. The van der Waals surface area contributed by atoms with E-state index in [0.29, 0.717) is 17.9 Å². The lowest BCUT2D eigenvalue weighted by atomic mass is 9.85. The van der Waals surface area contributed by atoms with Crippen molar-refractivity contribution in [3.8, 4) is 5.88 Å². The third kappa shape index (κ3) is 3.28. The van der Waals surface area contributed by atoms with Crippen molar-refractivity contribution in [2.45, 2.75) is 63.9 Å². The average Bonchev–Trinajstić information content (AvgIpc) is 3.23.